The standard InChI is InChI=1S/C18H18N2O/c1-3-13(2)17(21-14-9-5-4-6-10-14)18-19-15-11-7-8-12-16(15)20-18/h4-12H,3H2,1-2H3,(H,19,20)/b17-13-. The Morgan fingerprint density at radius 2 is 1.76 bits per heavy atom. The molecule has 0 radical (unpaired) electrons. The molecule has 1 aromatic heterocycles. The Labute approximate surface area is 124 Å². The van der Waals surface area contributed by atoms with Gasteiger partial charge in [-0.05, 0) is 43.2 Å². The third-order valence-electron chi connectivity index (χ3n) is 3.49. The highest BCUT2D eigenvalue weighted by Crippen LogP contribution is 2.25. The molecule has 3 rings (SSSR count). The molecule has 21 heavy (non-hydrogen) atoms. The number of aromatic amines is 1. The van der Waals surface area contributed by atoms with Crippen LogP contribution in [0.15, 0.2) is 60.2 Å². The topological polar surface area (TPSA) is 37.9 Å². The number of allylic oxidation sites excluding steroid dienone is 1. The first kappa shape index (κ1) is 13.4. The van der Waals surface area contributed by atoms with Gasteiger partial charge in [-0.2, -0.15) is 0 Å². The lowest BCUT2D eigenvalue weighted by Crippen LogP contribution is -2.00. The number of H-pyrrole nitrogens is 1. The van der Waals surface area contributed by atoms with Crippen LogP contribution in [0.2, 0.25) is 0 Å². The van der Waals surface area contributed by atoms with Crippen LogP contribution in [0.5, 0.6) is 5.75 Å². The molecule has 1 heterocycles. The van der Waals surface area contributed by atoms with Gasteiger partial charge < -0.3 is 9.72 Å². The minimum atomic E-state index is 0.777. The van der Waals surface area contributed by atoms with Crippen LogP contribution in [0.1, 0.15) is 26.1 Å². The molecule has 0 fully saturated rings. The summed E-state index contributed by atoms with van der Waals surface area (Å²) in [6.45, 7) is 4.19. The van der Waals surface area contributed by atoms with Crippen LogP contribution >= 0.6 is 0 Å². The molecule has 2 aromatic carbocycles. The number of rotatable bonds is 4. The van der Waals surface area contributed by atoms with E-state index in [0.717, 1.165) is 40.4 Å². The highest BCUT2D eigenvalue weighted by atomic mass is 16.5. The van der Waals surface area contributed by atoms with Crippen LogP contribution in [0, 0.1) is 0 Å². The van der Waals surface area contributed by atoms with E-state index in [1.54, 1.807) is 0 Å². The number of fused-ring (bicyclic) bond motifs is 1. The van der Waals surface area contributed by atoms with Gasteiger partial charge in [0.05, 0.1) is 11.0 Å². The number of para-hydroxylation sites is 3. The number of imidazole rings is 1. The van der Waals surface area contributed by atoms with E-state index >= 15 is 0 Å². The molecule has 0 spiro atoms. The maximum atomic E-state index is 6.07. The quantitative estimate of drug-likeness (QED) is 0.697. The summed E-state index contributed by atoms with van der Waals surface area (Å²) in [6.07, 6.45) is 0.916. The lowest BCUT2D eigenvalue weighted by Gasteiger charge is -2.11. The Bertz CT molecular complexity index is 739. The molecule has 0 amide bonds. The molecule has 0 aliphatic heterocycles. The zero-order valence-corrected chi connectivity index (χ0v) is 12.3. The fourth-order valence-corrected chi connectivity index (χ4v) is 2.16. The van der Waals surface area contributed by atoms with E-state index in [2.05, 4.69) is 23.8 Å². The fourth-order valence-electron chi connectivity index (χ4n) is 2.16. The Morgan fingerprint density at radius 1 is 1.05 bits per heavy atom. The third-order valence-corrected chi connectivity index (χ3v) is 3.49. The maximum Gasteiger partial charge on any atom is 0.174 e. The molecule has 106 valence electrons. The lowest BCUT2D eigenvalue weighted by atomic mass is 10.2. The van der Waals surface area contributed by atoms with E-state index in [-0.39, 0.29) is 0 Å². The van der Waals surface area contributed by atoms with Crippen molar-refractivity contribution in [3.8, 4) is 5.75 Å². The van der Waals surface area contributed by atoms with E-state index in [9.17, 15) is 0 Å². The first-order valence-electron chi connectivity index (χ1n) is 7.15. The first-order chi connectivity index (χ1) is 10.3. The normalized spacial score (nSPS) is 12.3. The van der Waals surface area contributed by atoms with Crippen LogP contribution < -0.4 is 4.74 Å². The SMILES string of the molecule is CC/C(C)=C(\Oc1ccccc1)c1nc2ccccc2[nH]1. The minimum Gasteiger partial charge on any atom is -0.454 e. The molecule has 0 unspecified atom stereocenters. The van der Waals surface area contributed by atoms with Crippen molar-refractivity contribution < 1.29 is 4.74 Å². The van der Waals surface area contributed by atoms with Crippen LogP contribution in [-0.4, -0.2) is 9.97 Å². The molecule has 3 heteroatoms. The molecule has 0 aliphatic carbocycles. The van der Waals surface area contributed by atoms with Crippen molar-refractivity contribution in [1.82, 2.24) is 9.97 Å². The molecule has 1 N–H and O–H groups in total. The van der Waals surface area contributed by atoms with Gasteiger partial charge in [-0.15, -0.1) is 0 Å². The highest BCUT2D eigenvalue weighted by Gasteiger charge is 2.13. The van der Waals surface area contributed by atoms with Crippen molar-refractivity contribution in [3.05, 3.63) is 66.0 Å². The molecule has 3 nitrogen and oxygen atoms in total. The van der Waals surface area contributed by atoms with Crippen molar-refractivity contribution >= 4 is 16.8 Å². The lowest BCUT2D eigenvalue weighted by molar-refractivity contribution is 0.503. The Balaban J connectivity index is 2.04. The number of ether oxygens (including phenoxy) is 1. The van der Waals surface area contributed by atoms with Crippen LogP contribution in [-0.2, 0) is 0 Å². The van der Waals surface area contributed by atoms with Crippen LogP contribution in [0.3, 0.4) is 0 Å². The first-order valence-corrected chi connectivity index (χ1v) is 7.15. The molecule has 0 saturated heterocycles. The van der Waals surface area contributed by atoms with E-state index in [1.807, 2.05) is 54.6 Å². The van der Waals surface area contributed by atoms with Crippen molar-refractivity contribution in [2.24, 2.45) is 0 Å². The second-order valence-electron chi connectivity index (χ2n) is 4.98. The average molecular weight is 278 g/mol. The second kappa shape index (κ2) is 5.83. The summed E-state index contributed by atoms with van der Waals surface area (Å²) in [5.41, 5.74) is 3.13. The summed E-state index contributed by atoms with van der Waals surface area (Å²) in [5.74, 6) is 2.40. The predicted octanol–water partition coefficient (Wildman–Crippen LogP) is 4.78. The van der Waals surface area contributed by atoms with Gasteiger partial charge in [0, 0.05) is 0 Å². The largest absolute Gasteiger partial charge is 0.454 e. The van der Waals surface area contributed by atoms with Crippen molar-refractivity contribution in [2.45, 2.75) is 20.3 Å². The molecule has 0 atom stereocenters. The smallest absolute Gasteiger partial charge is 0.174 e. The third kappa shape index (κ3) is 2.82. The molecule has 3 aromatic rings. The zero-order valence-electron chi connectivity index (χ0n) is 12.3. The molecule has 0 saturated carbocycles. The highest BCUT2D eigenvalue weighted by molar-refractivity contribution is 5.78. The summed E-state index contributed by atoms with van der Waals surface area (Å²) in [6, 6.07) is 17.8. The Morgan fingerprint density at radius 3 is 2.48 bits per heavy atom. The minimum absolute atomic E-state index is 0.777. The Kier molecular flexibility index (Phi) is 3.73. The van der Waals surface area contributed by atoms with Gasteiger partial charge in [0.15, 0.2) is 11.6 Å². The number of aromatic nitrogens is 2. The van der Waals surface area contributed by atoms with Crippen LogP contribution in [0.25, 0.3) is 16.8 Å². The van der Waals surface area contributed by atoms with Gasteiger partial charge in [-0.1, -0.05) is 37.3 Å². The summed E-state index contributed by atoms with van der Waals surface area (Å²) in [5, 5.41) is 0. The second-order valence-corrected chi connectivity index (χ2v) is 4.98. The summed E-state index contributed by atoms with van der Waals surface area (Å²) in [7, 11) is 0. The monoisotopic (exact) mass is 278 g/mol. The van der Waals surface area contributed by atoms with Gasteiger partial charge in [-0.3, -0.25) is 0 Å². The summed E-state index contributed by atoms with van der Waals surface area (Å²) < 4.78 is 6.07. The Hall–Kier alpha value is -2.55. The molecule has 0 aliphatic rings. The molecular formula is C18H18N2O. The van der Waals surface area contributed by atoms with E-state index in [0.29, 0.717) is 0 Å². The fraction of sp³-hybridized carbons (Fsp3) is 0.167. The maximum absolute atomic E-state index is 6.07. The van der Waals surface area contributed by atoms with Gasteiger partial charge in [-0.25, -0.2) is 4.98 Å². The van der Waals surface area contributed by atoms with E-state index in [1.165, 1.54) is 0 Å². The van der Waals surface area contributed by atoms with Gasteiger partial charge in [0.2, 0.25) is 0 Å². The average Bonchev–Trinajstić information content (AvgIpc) is 2.96. The van der Waals surface area contributed by atoms with E-state index < -0.39 is 0 Å². The van der Waals surface area contributed by atoms with Gasteiger partial charge >= 0.3 is 0 Å². The van der Waals surface area contributed by atoms with Crippen LogP contribution in [0.4, 0.5) is 0 Å². The number of hydrogen-bond donors (Lipinski definition) is 1. The summed E-state index contributed by atoms with van der Waals surface area (Å²) in [4.78, 5) is 7.98. The van der Waals surface area contributed by atoms with Crippen molar-refractivity contribution in [2.75, 3.05) is 0 Å². The van der Waals surface area contributed by atoms with Crippen molar-refractivity contribution in [3.63, 3.8) is 0 Å². The summed E-state index contributed by atoms with van der Waals surface area (Å²) >= 11 is 0. The number of benzene rings is 2. The van der Waals surface area contributed by atoms with Gasteiger partial charge in [0.25, 0.3) is 0 Å². The van der Waals surface area contributed by atoms with E-state index in [4.69, 9.17) is 4.74 Å². The molecular weight excluding hydrogens is 260 g/mol. The zero-order chi connectivity index (χ0) is 14.7. The van der Waals surface area contributed by atoms with Crippen molar-refractivity contribution in [1.29, 1.82) is 0 Å². The number of hydrogen-bond acceptors (Lipinski definition) is 2. The predicted molar refractivity (Wildman–Crippen MR) is 86.0 cm³/mol. The number of nitrogens with zero attached hydrogens (tertiary/aromatic N) is 1. The van der Waals surface area contributed by atoms with Gasteiger partial charge in [0.1, 0.15) is 5.75 Å². The molecule has 0 bridgehead atoms. The number of nitrogens with one attached hydrogen (secondary N) is 1.